The van der Waals surface area contributed by atoms with E-state index in [4.69, 9.17) is 19.9 Å². The van der Waals surface area contributed by atoms with Crippen molar-refractivity contribution < 1.29 is 0 Å². The van der Waals surface area contributed by atoms with Gasteiger partial charge in [0, 0.05) is 45.4 Å². The summed E-state index contributed by atoms with van der Waals surface area (Å²) < 4.78 is 2.24. The van der Waals surface area contributed by atoms with E-state index in [0.29, 0.717) is 17.5 Å². The molecule has 0 aliphatic carbocycles. The Morgan fingerprint density at radius 2 is 0.782 bits per heavy atom. The van der Waals surface area contributed by atoms with Crippen molar-refractivity contribution in [2.45, 2.75) is 0 Å². The van der Waals surface area contributed by atoms with Gasteiger partial charge < -0.3 is 0 Å². The van der Waals surface area contributed by atoms with Gasteiger partial charge in [0.1, 0.15) is 5.82 Å². The quantitative estimate of drug-likeness (QED) is 0.165. The summed E-state index contributed by atoms with van der Waals surface area (Å²) in [6.45, 7) is 0. The van der Waals surface area contributed by atoms with Gasteiger partial charge in [-0.15, -0.1) is 0 Å². The number of nitrogens with zero attached hydrogens (tertiary/aromatic N) is 6. The molecule has 6 nitrogen and oxygen atoms in total. The van der Waals surface area contributed by atoms with E-state index in [9.17, 15) is 0 Å². The summed E-state index contributed by atoms with van der Waals surface area (Å²) in [7, 11) is 0. The topological polar surface area (TPSA) is 69.4 Å². The molecule has 0 aliphatic heterocycles. The van der Waals surface area contributed by atoms with E-state index in [-0.39, 0.29) is 0 Å². The molecule has 258 valence electrons. The Balaban J connectivity index is 1.20. The second-order valence-electron chi connectivity index (χ2n) is 13.4. The number of benzene rings is 6. The maximum absolute atomic E-state index is 5.10. The molecule has 6 heteroatoms. The molecule has 10 rings (SSSR count). The van der Waals surface area contributed by atoms with Gasteiger partial charge in [-0.25, -0.2) is 19.9 Å². The van der Waals surface area contributed by atoms with Gasteiger partial charge in [-0.3, -0.25) is 9.55 Å². The van der Waals surface area contributed by atoms with E-state index in [0.717, 1.165) is 77.8 Å². The Bertz CT molecular complexity index is 2890. The second-order valence-corrected chi connectivity index (χ2v) is 13.4. The molecular weight excluding hydrogens is 673 g/mol. The molecule has 0 bridgehead atoms. The number of rotatable bonds is 7. The van der Waals surface area contributed by atoms with Gasteiger partial charge in [0.15, 0.2) is 17.5 Å². The first-order valence-corrected chi connectivity index (χ1v) is 18.2. The van der Waals surface area contributed by atoms with E-state index in [2.05, 4.69) is 101 Å². The molecule has 10 aromatic rings. The van der Waals surface area contributed by atoms with Crippen LogP contribution < -0.4 is 0 Å². The van der Waals surface area contributed by atoms with E-state index >= 15 is 0 Å². The number of hydrogen-bond donors (Lipinski definition) is 0. The number of hydrogen-bond acceptors (Lipinski definition) is 5. The fourth-order valence-corrected chi connectivity index (χ4v) is 7.29. The Labute approximate surface area is 318 Å². The van der Waals surface area contributed by atoms with Gasteiger partial charge in [-0.1, -0.05) is 115 Å². The molecule has 55 heavy (non-hydrogen) atoms. The summed E-state index contributed by atoms with van der Waals surface area (Å²) in [6, 6.07) is 62.6. The van der Waals surface area contributed by atoms with Crippen molar-refractivity contribution >= 4 is 21.8 Å². The highest BCUT2D eigenvalue weighted by Crippen LogP contribution is 2.39. The molecule has 0 amide bonds. The van der Waals surface area contributed by atoms with Crippen molar-refractivity contribution in [2.24, 2.45) is 0 Å². The average molecular weight is 705 g/mol. The SMILES string of the molecule is c1ccc(-c2cc(-c3ccc4c(c3)c3cc(-c5ccccn5)ccc3n4-c3ccccn3)cc(-c3nc(-c4ccccc4)nc(-c4ccccc4)n3)c2)cc1. The largest absolute Gasteiger partial charge is 0.294 e. The summed E-state index contributed by atoms with van der Waals surface area (Å²) >= 11 is 0. The van der Waals surface area contributed by atoms with Crippen LogP contribution in [0.2, 0.25) is 0 Å². The van der Waals surface area contributed by atoms with Crippen molar-refractivity contribution in [1.82, 2.24) is 29.5 Å². The van der Waals surface area contributed by atoms with Crippen LogP contribution >= 0.6 is 0 Å². The minimum absolute atomic E-state index is 0.611. The standard InChI is InChI=1S/C49H32N6/c1-4-14-33(15-5-1)38-28-39(30-40(29-38)49-53-47(34-16-6-2-7-17-34)52-48(54-49)35-18-8-3-9-19-35)36-22-24-44-41(31-36)42-32-37(43-20-10-12-26-50-43)23-25-45(42)55(44)46-21-11-13-27-51-46/h1-32H. The van der Waals surface area contributed by atoms with Gasteiger partial charge in [-0.2, -0.15) is 0 Å². The number of pyridine rings is 2. The van der Waals surface area contributed by atoms with Crippen LogP contribution in [-0.4, -0.2) is 29.5 Å². The molecule has 4 heterocycles. The summed E-state index contributed by atoms with van der Waals surface area (Å²) in [6.07, 6.45) is 3.68. The van der Waals surface area contributed by atoms with Crippen LogP contribution in [0.4, 0.5) is 0 Å². The van der Waals surface area contributed by atoms with Crippen molar-refractivity contribution in [3.8, 4) is 73.5 Å². The van der Waals surface area contributed by atoms with Crippen molar-refractivity contribution in [2.75, 3.05) is 0 Å². The van der Waals surface area contributed by atoms with Crippen LogP contribution in [-0.2, 0) is 0 Å². The third-order valence-electron chi connectivity index (χ3n) is 9.94. The molecule has 0 atom stereocenters. The zero-order valence-electron chi connectivity index (χ0n) is 29.7. The third kappa shape index (κ3) is 6.11. The third-order valence-corrected chi connectivity index (χ3v) is 9.94. The molecule has 4 aromatic heterocycles. The van der Waals surface area contributed by atoms with E-state index < -0.39 is 0 Å². The average Bonchev–Trinajstić information content (AvgIpc) is 3.60. The first kappa shape index (κ1) is 32.1. The van der Waals surface area contributed by atoms with Crippen molar-refractivity contribution in [1.29, 1.82) is 0 Å². The lowest BCUT2D eigenvalue weighted by molar-refractivity contribution is 1.07. The van der Waals surface area contributed by atoms with Gasteiger partial charge in [-0.05, 0) is 89.0 Å². The Kier molecular flexibility index (Phi) is 8.04. The monoisotopic (exact) mass is 704 g/mol. The molecule has 0 radical (unpaired) electrons. The highest BCUT2D eigenvalue weighted by Gasteiger charge is 2.18. The fourth-order valence-electron chi connectivity index (χ4n) is 7.29. The smallest absolute Gasteiger partial charge is 0.164 e. The first-order chi connectivity index (χ1) is 27.2. The van der Waals surface area contributed by atoms with Crippen LogP contribution in [0.25, 0.3) is 95.3 Å². The normalized spacial score (nSPS) is 11.3. The van der Waals surface area contributed by atoms with Crippen LogP contribution in [0.1, 0.15) is 0 Å². The highest BCUT2D eigenvalue weighted by molar-refractivity contribution is 6.11. The predicted octanol–water partition coefficient (Wildman–Crippen LogP) is 11.8. The summed E-state index contributed by atoms with van der Waals surface area (Å²) in [4.78, 5) is 24.6. The van der Waals surface area contributed by atoms with Crippen LogP contribution in [0.3, 0.4) is 0 Å². The first-order valence-electron chi connectivity index (χ1n) is 18.2. The zero-order chi connectivity index (χ0) is 36.6. The van der Waals surface area contributed by atoms with Gasteiger partial charge in [0.05, 0.1) is 16.7 Å². The lowest BCUT2D eigenvalue weighted by atomic mass is 9.95. The van der Waals surface area contributed by atoms with E-state index in [1.165, 1.54) is 0 Å². The molecule has 0 spiro atoms. The maximum atomic E-state index is 5.10. The molecular formula is C49H32N6. The highest BCUT2D eigenvalue weighted by atomic mass is 15.1. The molecule has 6 aromatic carbocycles. The Morgan fingerprint density at radius 3 is 1.35 bits per heavy atom. The molecule has 0 saturated heterocycles. The Morgan fingerprint density at radius 1 is 0.309 bits per heavy atom. The lowest BCUT2D eigenvalue weighted by Gasteiger charge is -2.13. The van der Waals surface area contributed by atoms with Crippen molar-refractivity contribution in [3.05, 3.63) is 194 Å². The molecule has 0 N–H and O–H groups in total. The summed E-state index contributed by atoms with van der Waals surface area (Å²) in [5.41, 5.74) is 11.2. The molecule has 0 unspecified atom stereocenters. The second kappa shape index (κ2) is 13.8. The van der Waals surface area contributed by atoms with Crippen LogP contribution in [0, 0.1) is 0 Å². The van der Waals surface area contributed by atoms with E-state index in [1.807, 2.05) is 103 Å². The Hall–Kier alpha value is -7.57. The van der Waals surface area contributed by atoms with E-state index in [1.54, 1.807) is 0 Å². The van der Waals surface area contributed by atoms with Crippen LogP contribution in [0.15, 0.2) is 194 Å². The van der Waals surface area contributed by atoms with Gasteiger partial charge in [0.25, 0.3) is 0 Å². The number of fused-ring (bicyclic) bond motifs is 3. The number of aromatic nitrogens is 6. The molecule has 0 fully saturated rings. The van der Waals surface area contributed by atoms with Crippen LogP contribution in [0.5, 0.6) is 0 Å². The molecule has 0 saturated carbocycles. The van der Waals surface area contributed by atoms with Crippen molar-refractivity contribution in [3.63, 3.8) is 0 Å². The van der Waals surface area contributed by atoms with Gasteiger partial charge in [0.2, 0.25) is 0 Å². The maximum Gasteiger partial charge on any atom is 0.164 e. The summed E-state index contributed by atoms with van der Waals surface area (Å²) in [5, 5.41) is 2.25. The minimum Gasteiger partial charge on any atom is -0.294 e. The van der Waals surface area contributed by atoms with Gasteiger partial charge >= 0.3 is 0 Å². The lowest BCUT2D eigenvalue weighted by Crippen LogP contribution is -2.00. The zero-order valence-corrected chi connectivity index (χ0v) is 29.7. The molecule has 0 aliphatic rings. The fraction of sp³-hybridized carbons (Fsp3) is 0. The predicted molar refractivity (Wildman–Crippen MR) is 222 cm³/mol. The minimum atomic E-state index is 0.611. The summed E-state index contributed by atoms with van der Waals surface area (Å²) in [5.74, 6) is 2.74.